The maximum atomic E-state index is 14.0. The SMILES string of the molecule is CNc1ncc(-c2nn(-c3ccccc3)c(NC(=O)N[C@@H]3CN(CCOC)O[C@H]3c3cnc(F)c(F)c3)c2C)cn1. The Morgan fingerprint density at radius 1 is 1.15 bits per heavy atom. The number of hydroxylamine groups is 2. The van der Waals surface area contributed by atoms with Crippen molar-refractivity contribution < 1.29 is 23.1 Å². The molecule has 41 heavy (non-hydrogen) atoms. The lowest BCUT2D eigenvalue weighted by Crippen LogP contribution is -2.42. The van der Waals surface area contributed by atoms with Gasteiger partial charge in [0.1, 0.15) is 17.6 Å². The molecule has 0 aliphatic carbocycles. The Bertz CT molecular complexity index is 1500. The number of carbonyl (C=O) groups excluding carboxylic acids is 1. The molecular formula is C27H29F2N9O3. The van der Waals surface area contributed by atoms with Gasteiger partial charge in [0.25, 0.3) is 0 Å². The minimum atomic E-state index is -1.21. The molecule has 214 valence electrons. The van der Waals surface area contributed by atoms with Gasteiger partial charge in [0, 0.05) is 62.5 Å². The van der Waals surface area contributed by atoms with Crippen LogP contribution in [-0.4, -0.2) is 75.7 Å². The zero-order valence-electron chi connectivity index (χ0n) is 22.6. The molecule has 3 aromatic heterocycles. The van der Waals surface area contributed by atoms with Gasteiger partial charge in [0.05, 0.1) is 18.3 Å². The molecule has 1 aromatic carbocycles. The minimum absolute atomic E-state index is 0.276. The maximum absolute atomic E-state index is 14.0. The number of amides is 2. The fourth-order valence-electron chi connectivity index (χ4n) is 4.50. The molecule has 0 bridgehead atoms. The van der Waals surface area contributed by atoms with Crippen LogP contribution in [0.4, 0.5) is 25.3 Å². The highest BCUT2D eigenvalue weighted by molar-refractivity contribution is 5.91. The van der Waals surface area contributed by atoms with Crippen LogP contribution < -0.4 is 16.0 Å². The molecule has 0 saturated carbocycles. The summed E-state index contributed by atoms with van der Waals surface area (Å²) in [6, 6.07) is 9.21. The first-order chi connectivity index (χ1) is 19.9. The molecule has 0 unspecified atom stereocenters. The molecule has 2 amide bonds. The van der Waals surface area contributed by atoms with Gasteiger partial charge in [-0.2, -0.15) is 14.6 Å². The second-order valence-electron chi connectivity index (χ2n) is 9.27. The van der Waals surface area contributed by atoms with Gasteiger partial charge in [-0.3, -0.25) is 10.2 Å². The van der Waals surface area contributed by atoms with E-state index in [-0.39, 0.29) is 12.1 Å². The van der Waals surface area contributed by atoms with E-state index in [0.717, 1.165) is 11.8 Å². The normalized spacial score (nSPS) is 17.0. The number of halogens is 2. The van der Waals surface area contributed by atoms with Gasteiger partial charge in [0.15, 0.2) is 5.82 Å². The molecule has 1 aliphatic rings. The number of hydrogen-bond acceptors (Lipinski definition) is 9. The average molecular weight is 566 g/mol. The Morgan fingerprint density at radius 3 is 2.59 bits per heavy atom. The second-order valence-corrected chi connectivity index (χ2v) is 9.27. The van der Waals surface area contributed by atoms with Gasteiger partial charge in [-0.25, -0.2) is 28.8 Å². The van der Waals surface area contributed by atoms with Gasteiger partial charge in [-0.05, 0) is 25.1 Å². The van der Waals surface area contributed by atoms with Crippen LogP contribution in [0.5, 0.6) is 0 Å². The van der Waals surface area contributed by atoms with E-state index >= 15 is 0 Å². The van der Waals surface area contributed by atoms with E-state index in [1.54, 1.807) is 36.3 Å². The number of carbonyl (C=O) groups is 1. The van der Waals surface area contributed by atoms with Gasteiger partial charge in [-0.1, -0.05) is 18.2 Å². The van der Waals surface area contributed by atoms with E-state index < -0.39 is 29.9 Å². The van der Waals surface area contributed by atoms with Crippen molar-refractivity contribution in [2.45, 2.75) is 19.1 Å². The van der Waals surface area contributed by atoms with E-state index in [9.17, 15) is 13.6 Å². The minimum Gasteiger partial charge on any atom is -0.383 e. The van der Waals surface area contributed by atoms with Crippen molar-refractivity contribution in [1.29, 1.82) is 0 Å². The van der Waals surface area contributed by atoms with Crippen molar-refractivity contribution >= 4 is 17.8 Å². The predicted octanol–water partition coefficient (Wildman–Crippen LogP) is 3.48. The Labute approximate surface area is 234 Å². The zero-order valence-corrected chi connectivity index (χ0v) is 22.6. The lowest BCUT2D eigenvalue weighted by atomic mass is 10.0. The number of nitrogens with zero attached hydrogens (tertiary/aromatic N) is 6. The lowest BCUT2D eigenvalue weighted by molar-refractivity contribution is -0.154. The van der Waals surface area contributed by atoms with E-state index in [1.165, 1.54) is 6.20 Å². The molecule has 2 atom stereocenters. The lowest BCUT2D eigenvalue weighted by Gasteiger charge is -2.19. The second kappa shape index (κ2) is 12.3. The summed E-state index contributed by atoms with van der Waals surface area (Å²) in [5.74, 6) is -1.42. The van der Waals surface area contributed by atoms with Gasteiger partial charge < -0.3 is 15.4 Å². The fourth-order valence-corrected chi connectivity index (χ4v) is 4.50. The van der Waals surface area contributed by atoms with Gasteiger partial charge >= 0.3 is 6.03 Å². The smallest absolute Gasteiger partial charge is 0.320 e. The quantitative estimate of drug-likeness (QED) is 0.261. The number of nitrogens with one attached hydrogen (secondary N) is 3. The number of aromatic nitrogens is 5. The molecule has 5 rings (SSSR count). The average Bonchev–Trinajstić information content (AvgIpc) is 3.54. The monoisotopic (exact) mass is 565 g/mol. The number of anilines is 2. The van der Waals surface area contributed by atoms with Crippen LogP contribution in [0.1, 0.15) is 17.2 Å². The molecule has 1 saturated heterocycles. The van der Waals surface area contributed by atoms with Crippen LogP contribution in [0.15, 0.2) is 55.0 Å². The number of ether oxygens (including phenoxy) is 1. The Kier molecular flexibility index (Phi) is 8.42. The molecule has 1 fully saturated rings. The molecule has 0 radical (unpaired) electrons. The number of pyridine rings is 1. The molecule has 0 spiro atoms. The third kappa shape index (κ3) is 6.14. The first kappa shape index (κ1) is 28.0. The van der Waals surface area contributed by atoms with Gasteiger partial charge in [-0.15, -0.1) is 0 Å². The Morgan fingerprint density at radius 2 is 1.90 bits per heavy atom. The Hall–Kier alpha value is -4.53. The molecule has 14 heteroatoms. The first-order valence-corrected chi connectivity index (χ1v) is 12.8. The number of methoxy groups -OCH3 is 1. The van der Waals surface area contributed by atoms with Crippen LogP contribution in [0.25, 0.3) is 16.9 Å². The van der Waals surface area contributed by atoms with Crippen molar-refractivity contribution in [3.63, 3.8) is 0 Å². The molecule has 1 aliphatic heterocycles. The maximum Gasteiger partial charge on any atom is 0.320 e. The summed E-state index contributed by atoms with van der Waals surface area (Å²) in [5.41, 5.74) is 2.96. The number of urea groups is 1. The highest BCUT2D eigenvalue weighted by atomic mass is 19.2. The standard InChI is InChI=1S/C27H29F2N9O3/c1-16-22(18-13-32-26(30-2)33-14-18)36-38(19-7-5-4-6-8-19)25(16)35-27(39)34-21-15-37(9-10-40-3)41-23(21)17-11-20(28)24(29)31-12-17/h4-8,11-14,21,23H,9-10,15H2,1-3H3,(H,30,32,33)(H2,34,35,39)/t21-,23+/m1/s1. The van der Waals surface area contributed by atoms with Gasteiger partial charge in [0.2, 0.25) is 11.9 Å². The van der Waals surface area contributed by atoms with Crippen molar-refractivity contribution in [3.8, 4) is 16.9 Å². The highest BCUT2D eigenvalue weighted by Gasteiger charge is 2.37. The molecule has 3 N–H and O–H groups in total. The highest BCUT2D eigenvalue weighted by Crippen LogP contribution is 2.32. The summed E-state index contributed by atoms with van der Waals surface area (Å²) in [4.78, 5) is 31.4. The van der Waals surface area contributed by atoms with Crippen LogP contribution in [0, 0.1) is 18.7 Å². The zero-order chi connectivity index (χ0) is 28.9. The molecular weight excluding hydrogens is 536 g/mol. The van der Waals surface area contributed by atoms with E-state index in [4.69, 9.17) is 14.7 Å². The predicted molar refractivity (Wildman–Crippen MR) is 146 cm³/mol. The third-order valence-corrected chi connectivity index (χ3v) is 6.54. The topological polar surface area (TPSA) is 131 Å². The van der Waals surface area contributed by atoms with E-state index in [0.29, 0.717) is 41.7 Å². The van der Waals surface area contributed by atoms with Crippen LogP contribution in [0.3, 0.4) is 0 Å². The summed E-state index contributed by atoms with van der Waals surface area (Å²) in [6.07, 6.45) is 3.69. The summed E-state index contributed by atoms with van der Waals surface area (Å²) >= 11 is 0. The summed E-state index contributed by atoms with van der Waals surface area (Å²) in [7, 11) is 3.29. The van der Waals surface area contributed by atoms with E-state index in [1.807, 2.05) is 37.3 Å². The fraction of sp³-hybridized carbons (Fsp3) is 0.296. The van der Waals surface area contributed by atoms with Crippen LogP contribution in [-0.2, 0) is 9.57 Å². The van der Waals surface area contributed by atoms with Crippen molar-refractivity contribution in [3.05, 3.63) is 77.9 Å². The summed E-state index contributed by atoms with van der Waals surface area (Å²) < 4.78 is 34.3. The number of para-hydroxylation sites is 1. The largest absolute Gasteiger partial charge is 0.383 e. The van der Waals surface area contributed by atoms with Crippen molar-refractivity contribution in [2.75, 3.05) is 44.5 Å². The van der Waals surface area contributed by atoms with Crippen LogP contribution >= 0.6 is 0 Å². The van der Waals surface area contributed by atoms with Crippen LogP contribution in [0.2, 0.25) is 0 Å². The molecule has 12 nitrogen and oxygen atoms in total. The van der Waals surface area contributed by atoms with E-state index in [2.05, 4.69) is 30.9 Å². The van der Waals surface area contributed by atoms with Crippen molar-refractivity contribution in [1.82, 2.24) is 35.1 Å². The molecule has 4 aromatic rings. The Balaban J connectivity index is 1.42. The number of rotatable bonds is 9. The summed E-state index contributed by atoms with van der Waals surface area (Å²) in [6.45, 7) is 2.89. The first-order valence-electron chi connectivity index (χ1n) is 12.8. The van der Waals surface area contributed by atoms with Crippen molar-refractivity contribution in [2.24, 2.45) is 0 Å². The summed E-state index contributed by atoms with van der Waals surface area (Å²) in [5, 5.41) is 15.1. The molecule has 4 heterocycles. The third-order valence-electron chi connectivity index (χ3n) is 6.54. The number of benzene rings is 1. The number of hydrogen-bond donors (Lipinski definition) is 3.